The lowest BCUT2D eigenvalue weighted by molar-refractivity contribution is 0.0420. The molecule has 130 valence electrons. The zero-order chi connectivity index (χ0) is 17.0. The van der Waals surface area contributed by atoms with E-state index in [4.69, 9.17) is 0 Å². The van der Waals surface area contributed by atoms with Gasteiger partial charge in [-0.05, 0) is 61.5 Å². The number of para-hydroxylation sites is 1. The van der Waals surface area contributed by atoms with Crippen molar-refractivity contribution >= 4 is 16.8 Å². The fraction of sp³-hybridized carbons (Fsp3) is 0.550. The topological polar surface area (TPSA) is 66.1 Å². The van der Waals surface area contributed by atoms with Crippen LogP contribution >= 0.6 is 0 Å². The van der Waals surface area contributed by atoms with Gasteiger partial charge in [0.25, 0.3) is 5.91 Å². The Morgan fingerprint density at radius 1 is 1.20 bits per heavy atom. The van der Waals surface area contributed by atoms with E-state index < -0.39 is 0 Å². The Hall–Kier alpha value is -2.17. The van der Waals surface area contributed by atoms with Crippen molar-refractivity contribution in [3.8, 4) is 0 Å². The van der Waals surface area contributed by atoms with Crippen LogP contribution in [0.15, 0.2) is 29.1 Å². The Bertz CT molecular complexity index is 884. The molecule has 1 amide bonds. The Labute approximate surface area is 146 Å². The molecular formula is C20H23N3O2. The minimum atomic E-state index is -0.268. The van der Waals surface area contributed by atoms with E-state index in [1.165, 1.54) is 32.1 Å². The van der Waals surface area contributed by atoms with E-state index in [9.17, 15) is 9.59 Å². The lowest BCUT2D eigenvalue weighted by Crippen LogP contribution is -2.51. The van der Waals surface area contributed by atoms with Crippen molar-refractivity contribution in [2.45, 2.75) is 32.1 Å². The Morgan fingerprint density at radius 2 is 2.04 bits per heavy atom. The average molecular weight is 337 g/mol. The molecule has 3 unspecified atom stereocenters. The zero-order valence-electron chi connectivity index (χ0n) is 14.3. The van der Waals surface area contributed by atoms with Gasteiger partial charge in [0.05, 0.1) is 5.52 Å². The molecule has 1 saturated heterocycles. The molecule has 1 aliphatic heterocycles. The smallest absolute Gasteiger partial charge is 0.278 e. The second-order valence-corrected chi connectivity index (χ2v) is 8.19. The number of amides is 1. The highest BCUT2D eigenvalue weighted by atomic mass is 16.2. The fourth-order valence-electron chi connectivity index (χ4n) is 5.35. The van der Waals surface area contributed by atoms with E-state index in [2.05, 4.69) is 10.2 Å². The molecule has 3 fully saturated rings. The molecule has 0 spiro atoms. The van der Waals surface area contributed by atoms with E-state index in [-0.39, 0.29) is 17.0 Å². The van der Waals surface area contributed by atoms with E-state index in [0.29, 0.717) is 16.8 Å². The van der Waals surface area contributed by atoms with Gasteiger partial charge in [0, 0.05) is 18.5 Å². The van der Waals surface area contributed by atoms with Gasteiger partial charge in [0.2, 0.25) is 5.43 Å². The predicted molar refractivity (Wildman–Crippen MR) is 95.3 cm³/mol. The molecule has 25 heavy (non-hydrogen) atoms. The third kappa shape index (κ3) is 2.48. The van der Waals surface area contributed by atoms with Gasteiger partial charge in [-0.1, -0.05) is 18.6 Å². The van der Waals surface area contributed by atoms with Crippen LogP contribution in [0.2, 0.25) is 0 Å². The van der Waals surface area contributed by atoms with Crippen LogP contribution in [0.1, 0.15) is 42.6 Å². The maximum absolute atomic E-state index is 12.6. The average Bonchev–Trinajstić information content (AvgIpc) is 3.21. The highest BCUT2D eigenvalue weighted by Gasteiger charge is 2.42. The van der Waals surface area contributed by atoms with Crippen molar-refractivity contribution in [3.63, 3.8) is 0 Å². The summed E-state index contributed by atoms with van der Waals surface area (Å²) in [7, 11) is 0. The van der Waals surface area contributed by atoms with Crippen LogP contribution in [0.4, 0.5) is 0 Å². The monoisotopic (exact) mass is 337 g/mol. The number of carbonyl (C=O) groups is 1. The highest BCUT2D eigenvalue weighted by Crippen LogP contribution is 2.50. The van der Waals surface area contributed by atoms with Crippen molar-refractivity contribution in [2.24, 2.45) is 23.7 Å². The Morgan fingerprint density at radius 3 is 2.80 bits per heavy atom. The van der Waals surface area contributed by atoms with E-state index in [0.717, 1.165) is 30.8 Å². The Kier molecular flexibility index (Phi) is 3.43. The van der Waals surface area contributed by atoms with Crippen LogP contribution in [-0.4, -0.2) is 34.1 Å². The highest BCUT2D eigenvalue weighted by molar-refractivity contribution is 5.95. The number of likely N-dealkylation sites (tertiary alicyclic amines) is 1. The van der Waals surface area contributed by atoms with Crippen molar-refractivity contribution in [3.05, 3.63) is 40.2 Å². The third-order valence-electron chi connectivity index (χ3n) is 6.64. The van der Waals surface area contributed by atoms with Gasteiger partial charge in [0.1, 0.15) is 0 Å². The third-order valence-corrected chi connectivity index (χ3v) is 6.64. The van der Waals surface area contributed by atoms with Crippen LogP contribution in [0.25, 0.3) is 10.9 Å². The van der Waals surface area contributed by atoms with Gasteiger partial charge in [-0.15, -0.1) is 0 Å². The number of fused-ring (bicyclic) bond motifs is 3. The number of H-pyrrole nitrogens is 1. The summed E-state index contributed by atoms with van der Waals surface area (Å²) in [6, 6.07) is 7.19. The van der Waals surface area contributed by atoms with Crippen LogP contribution in [-0.2, 0) is 0 Å². The minimum Gasteiger partial charge on any atom is -0.336 e. The molecule has 5 rings (SSSR count). The molecule has 5 nitrogen and oxygen atoms in total. The van der Waals surface area contributed by atoms with Crippen LogP contribution in [0, 0.1) is 23.7 Å². The van der Waals surface area contributed by atoms with Gasteiger partial charge >= 0.3 is 0 Å². The number of aromatic amines is 1. The summed E-state index contributed by atoms with van der Waals surface area (Å²) < 4.78 is 0. The normalized spacial score (nSPS) is 28.5. The molecular weight excluding hydrogens is 314 g/mol. The molecule has 3 atom stereocenters. The number of rotatable bonds is 3. The number of hydrogen-bond acceptors (Lipinski definition) is 3. The number of carbonyl (C=O) groups excluding carboxylic acids is 1. The molecule has 2 aliphatic carbocycles. The first-order valence-electron chi connectivity index (χ1n) is 9.45. The van der Waals surface area contributed by atoms with Crippen molar-refractivity contribution < 1.29 is 4.79 Å². The summed E-state index contributed by atoms with van der Waals surface area (Å²) in [4.78, 5) is 27.0. The van der Waals surface area contributed by atoms with Crippen molar-refractivity contribution in [1.82, 2.24) is 15.1 Å². The van der Waals surface area contributed by atoms with Gasteiger partial charge < -0.3 is 4.90 Å². The quantitative estimate of drug-likeness (QED) is 0.936. The summed E-state index contributed by atoms with van der Waals surface area (Å²) in [5.41, 5.74) is 0.426. The first-order valence-corrected chi connectivity index (χ1v) is 9.45. The number of nitrogens with one attached hydrogen (secondary N) is 1. The number of nitrogens with zero attached hydrogens (tertiary/aromatic N) is 2. The lowest BCUT2D eigenvalue weighted by Gasteiger charge is -2.41. The zero-order valence-corrected chi connectivity index (χ0v) is 14.3. The Balaban J connectivity index is 1.26. The van der Waals surface area contributed by atoms with Crippen molar-refractivity contribution in [2.75, 3.05) is 13.1 Å². The molecule has 2 aromatic rings. The predicted octanol–water partition coefficient (Wildman–Crippen LogP) is 2.82. The largest absolute Gasteiger partial charge is 0.336 e. The SMILES string of the molecule is O=C(c1n[nH]c2ccccc2c1=O)N1CC(CC2CC3CCC2C3)C1. The van der Waals surface area contributed by atoms with Gasteiger partial charge in [-0.3, -0.25) is 14.7 Å². The molecule has 5 heteroatoms. The van der Waals surface area contributed by atoms with Crippen LogP contribution < -0.4 is 5.43 Å². The van der Waals surface area contributed by atoms with E-state index in [1.807, 2.05) is 6.07 Å². The molecule has 2 saturated carbocycles. The number of hydrogen-bond donors (Lipinski definition) is 1. The molecule has 2 bridgehead atoms. The minimum absolute atomic E-state index is 0.0251. The second kappa shape index (κ2) is 5.68. The molecule has 1 aromatic heterocycles. The van der Waals surface area contributed by atoms with Gasteiger partial charge in [0.15, 0.2) is 5.69 Å². The summed E-state index contributed by atoms with van der Waals surface area (Å²) >= 11 is 0. The first-order chi connectivity index (χ1) is 12.2. The molecule has 1 aromatic carbocycles. The molecule has 2 heterocycles. The fourth-order valence-corrected chi connectivity index (χ4v) is 5.35. The number of benzene rings is 1. The second-order valence-electron chi connectivity index (χ2n) is 8.19. The molecule has 1 N–H and O–H groups in total. The molecule has 0 radical (unpaired) electrons. The summed E-state index contributed by atoms with van der Waals surface area (Å²) in [5, 5.41) is 7.40. The van der Waals surface area contributed by atoms with E-state index in [1.54, 1.807) is 23.1 Å². The summed E-state index contributed by atoms with van der Waals surface area (Å²) in [6.45, 7) is 1.56. The number of aromatic nitrogens is 2. The standard InChI is InChI=1S/C20H23N3O2/c24-19-16-3-1-2-4-17(16)21-22-18(19)20(25)23-10-13(11-23)9-15-8-12-5-6-14(15)7-12/h1-4,12-15H,5-11H2,(H,21,24). The summed E-state index contributed by atoms with van der Waals surface area (Å²) in [5.74, 6) is 3.18. The van der Waals surface area contributed by atoms with Crippen molar-refractivity contribution in [1.29, 1.82) is 0 Å². The maximum atomic E-state index is 12.6. The maximum Gasteiger partial charge on any atom is 0.278 e. The van der Waals surface area contributed by atoms with Gasteiger partial charge in [-0.2, -0.15) is 5.10 Å². The lowest BCUT2D eigenvalue weighted by atomic mass is 9.80. The molecule has 3 aliphatic rings. The van der Waals surface area contributed by atoms with E-state index >= 15 is 0 Å². The van der Waals surface area contributed by atoms with Gasteiger partial charge in [-0.25, -0.2) is 0 Å². The summed E-state index contributed by atoms with van der Waals surface area (Å²) in [6.07, 6.45) is 6.96. The van der Waals surface area contributed by atoms with Crippen LogP contribution in [0.5, 0.6) is 0 Å². The van der Waals surface area contributed by atoms with Crippen LogP contribution in [0.3, 0.4) is 0 Å². The first kappa shape index (κ1) is 15.1.